The smallest absolute Gasteiger partial charge is 0.306 e. The number of ether oxygens (including phenoxy) is 4. The van der Waals surface area contributed by atoms with Crippen LogP contribution in [0, 0.1) is 0 Å². The first-order chi connectivity index (χ1) is 27.0. The zero-order valence-electron chi connectivity index (χ0n) is 33.7. The average molecular weight is 811 g/mol. The topological polar surface area (TPSA) is 186 Å². The Bertz CT molecular complexity index is 1320. The fraction of sp³-hybridized carbons (Fsp3) is 0.674. The van der Waals surface area contributed by atoms with Crippen LogP contribution in [-0.4, -0.2) is 96.0 Å². The first kappa shape index (κ1) is 51.1. The number of rotatable bonds is 32. The third kappa shape index (κ3) is 27.6. The van der Waals surface area contributed by atoms with Crippen LogP contribution >= 0.6 is 0 Å². The maximum absolute atomic E-state index is 12.7. The molecule has 13 heteroatoms. The summed E-state index contributed by atoms with van der Waals surface area (Å²) in [7, 11) is -4.61. The average Bonchev–Trinajstić information content (AvgIpc) is 3.16. The zero-order valence-corrected chi connectivity index (χ0v) is 34.5. The lowest BCUT2D eigenvalue weighted by molar-refractivity contribution is -0.297. The third-order valence-electron chi connectivity index (χ3n) is 8.88. The van der Waals surface area contributed by atoms with Crippen LogP contribution in [0.25, 0.3) is 0 Å². The van der Waals surface area contributed by atoms with Crippen molar-refractivity contribution in [2.24, 2.45) is 0 Å². The maximum atomic E-state index is 12.7. The second-order valence-electron chi connectivity index (χ2n) is 14.0. The number of hydrogen-bond donors (Lipinski definition) is 4. The van der Waals surface area contributed by atoms with Gasteiger partial charge in [-0.05, 0) is 51.4 Å². The molecule has 6 atom stereocenters. The Morgan fingerprint density at radius 2 is 1.23 bits per heavy atom. The summed E-state index contributed by atoms with van der Waals surface area (Å²) in [6, 6.07) is 0. The molecule has 0 aliphatic carbocycles. The fourth-order valence-corrected chi connectivity index (χ4v) is 6.37. The van der Waals surface area contributed by atoms with Crippen LogP contribution in [0.1, 0.15) is 129 Å². The third-order valence-corrected chi connectivity index (χ3v) is 9.63. The Hall–Kier alpha value is -2.91. The Balaban J connectivity index is 2.56. The van der Waals surface area contributed by atoms with Crippen LogP contribution in [0.2, 0.25) is 0 Å². The molecule has 56 heavy (non-hydrogen) atoms. The fourth-order valence-electron chi connectivity index (χ4n) is 5.68. The van der Waals surface area contributed by atoms with Crippen LogP contribution in [-0.2, 0) is 38.7 Å². The van der Waals surface area contributed by atoms with Crippen molar-refractivity contribution in [3.05, 3.63) is 72.9 Å². The zero-order chi connectivity index (χ0) is 41.3. The van der Waals surface area contributed by atoms with Gasteiger partial charge in [-0.1, -0.05) is 138 Å². The Labute approximate surface area is 336 Å². The largest absolute Gasteiger partial charge is 0.462 e. The van der Waals surface area contributed by atoms with Crippen molar-refractivity contribution in [1.82, 2.24) is 0 Å². The summed E-state index contributed by atoms with van der Waals surface area (Å²) in [6.45, 7) is 3.51. The van der Waals surface area contributed by atoms with E-state index in [9.17, 15) is 37.9 Å². The van der Waals surface area contributed by atoms with Crippen LogP contribution in [0.15, 0.2) is 72.9 Å². The lowest BCUT2D eigenvalue weighted by Gasteiger charge is -2.40. The molecule has 1 aliphatic heterocycles. The van der Waals surface area contributed by atoms with Crippen molar-refractivity contribution in [3.63, 3.8) is 0 Å². The molecule has 3 unspecified atom stereocenters. The van der Waals surface area contributed by atoms with E-state index < -0.39 is 71.2 Å². The summed E-state index contributed by atoms with van der Waals surface area (Å²) in [5.41, 5.74) is 0. The molecule has 320 valence electrons. The molecule has 0 aromatic carbocycles. The summed E-state index contributed by atoms with van der Waals surface area (Å²) in [5.74, 6) is -2.11. The van der Waals surface area contributed by atoms with Crippen molar-refractivity contribution in [2.75, 3.05) is 19.0 Å². The molecule has 0 radical (unpaired) electrons. The van der Waals surface area contributed by atoms with Gasteiger partial charge in [0.25, 0.3) is 10.1 Å². The van der Waals surface area contributed by atoms with Crippen molar-refractivity contribution in [2.45, 2.75) is 166 Å². The molecule has 0 aromatic heterocycles. The Morgan fingerprint density at radius 3 is 1.89 bits per heavy atom. The number of unbranched alkanes of at least 4 members (excludes halogenated alkanes) is 11. The van der Waals surface area contributed by atoms with Crippen LogP contribution in [0.4, 0.5) is 0 Å². The predicted molar refractivity (Wildman–Crippen MR) is 219 cm³/mol. The van der Waals surface area contributed by atoms with Gasteiger partial charge >= 0.3 is 11.9 Å². The van der Waals surface area contributed by atoms with E-state index in [1.807, 2.05) is 48.6 Å². The number of carbonyl (C=O) groups is 2. The number of esters is 2. The van der Waals surface area contributed by atoms with Gasteiger partial charge in [-0.25, -0.2) is 0 Å². The maximum Gasteiger partial charge on any atom is 0.306 e. The van der Waals surface area contributed by atoms with Crippen molar-refractivity contribution in [3.8, 4) is 0 Å². The molecule has 0 spiro atoms. The summed E-state index contributed by atoms with van der Waals surface area (Å²) >= 11 is 0. The van der Waals surface area contributed by atoms with Gasteiger partial charge in [0, 0.05) is 12.8 Å². The molecule has 1 heterocycles. The number of carbonyl (C=O) groups excluding carboxylic acids is 2. The molecule has 4 N–H and O–H groups in total. The molecular weight excluding hydrogens is 741 g/mol. The monoisotopic (exact) mass is 810 g/mol. The van der Waals surface area contributed by atoms with Crippen molar-refractivity contribution >= 4 is 22.1 Å². The van der Waals surface area contributed by atoms with E-state index >= 15 is 0 Å². The molecule has 1 saturated heterocycles. The Morgan fingerprint density at radius 1 is 0.643 bits per heavy atom. The van der Waals surface area contributed by atoms with E-state index in [0.29, 0.717) is 12.8 Å². The number of allylic oxidation sites excluding steroid dienone is 12. The highest BCUT2D eigenvalue weighted by molar-refractivity contribution is 7.85. The minimum Gasteiger partial charge on any atom is -0.462 e. The number of aliphatic hydroxyl groups excluding tert-OH is 3. The Kier molecular flexibility index (Phi) is 30.2. The molecule has 0 aromatic rings. The minimum atomic E-state index is -4.61. The summed E-state index contributed by atoms with van der Waals surface area (Å²) in [6.07, 6.45) is 31.1. The van der Waals surface area contributed by atoms with E-state index in [4.69, 9.17) is 18.9 Å². The minimum absolute atomic E-state index is 0.0487. The standard InChI is InChI=1S/C43H70O12S/c1-3-5-7-9-11-13-15-17-18-20-21-23-25-27-29-31-38(44)52-33-36(34-53-43-42(48)41(47)40(46)37(55-43)35-56(49,50)51)54-39(45)32-30-28-26-24-22-19-16-14-12-10-8-6-4-2/h5,7,9,11,13,15,17-19,22,26,28,36-37,40-43,46-48H,3-4,6,8,10,12,14,16,20-21,23-25,27,29-35H2,1-2H3,(H,49,50,51)/b7-5+,11-9+,15-13+,18-17+,22-19+,28-26+/t36?,37-,40-,41?,42?,43+/m1/s1. The normalized spacial score (nSPS) is 21.4. The van der Waals surface area contributed by atoms with Gasteiger partial charge in [0.2, 0.25) is 0 Å². The molecule has 1 aliphatic rings. The van der Waals surface area contributed by atoms with E-state index in [1.165, 1.54) is 38.5 Å². The van der Waals surface area contributed by atoms with E-state index in [2.05, 4.69) is 38.2 Å². The molecule has 0 saturated carbocycles. The second kappa shape index (κ2) is 33.1. The van der Waals surface area contributed by atoms with Gasteiger partial charge in [0.05, 0.1) is 6.61 Å². The number of hydrogen-bond acceptors (Lipinski definition) is 11. The highest BCUT2D eigenvalue weighted by Crippen LogP contribution is 2.24. The van der Waals surface area contributed by atoms with Gasteiger partial charge in [0.15, 0.2) is 12.4 Å². The first-order valence-corrected chi connectivity index (χ1v) is 22.2. The molecular formula is C43H70O12S. The molecule has 0 amide bonds. The van der Waals surface area contributed by atoms with Gasteiger partial charge < -0.3 is 34.3 Å². The summed E-state index contributed by atoms with van der Waals surface area (Å²) in [4.78, 5) is 25.3. The quantitative estimate of drug-likeness (QED) is 0.0172. The highest BCUT2D eigenvalue weighted by atomic mass is 32.2. The van der Waals surface area contributed by atoms with E-state index in [-0.39, 0.29) is 19.4 Å². The number of aliphatic hydroxyl groups is 3. The van der Waals surface area contributed by atoms with Crippen molar-refractivity contribution < 1.29 is 56.8 Å². The second-order valence-corrected chi connectivity index (χ2v) is 15.5. The van der Waals surface area contributed by atoms with Gasteiger partial charge in [-0.3, -0.25) is 14.1 Å². The molecule has 12 nitrogen and oxygen atoms in total. The highest BCUT2D eigenvalue weighted by Gasteiger charge is 2.46. The van der Waals surface area contributed by atoms with Gasteiger partial charge in [-0.15, -0.1) is 0 Å². The van der Waals surface area contributed by atoms with Crippen LogP contribution in [0.3, 0.4) is 0 Å². The molecule has 1 rings (SSSR count). The van der Waals surface area contributed by atoms with Gasteiger partial charge in [-0.2, -0.15) is 8.42 Å². The lowest BCUT2D eigenvalue weighted by atomic mass is 10.00. The van der Waals surface area contributed by atoms with Crippen molar-refractivity contribution in [1.29, 1.82) is 0 Å². The van der Waals surface area contributed by atoms with E-state index in [0.717, 1.165) is 51.4 Å². The van der Waals surface area contributed by atoms with Crippen LogP contribution in [0.5, 0.6) is 0 Å². The first-order valence-electron chi connectivity index (χ1n) is 20.5. The van der Waals surface area contributed by atoms with Gasteiger partial charge in [0.1, 0.15) is 36.8 Å². The predicted octanol–water partition coefficient (Wildman–Crippen LogP) is 7.55. The summed E-state index contributed by atoms with van der Waals surface area (Å²) < 4.78 is 53.8. The lowest BCUT2D eigenvalue weighted by Crippen LogP contribution is -2.60. The molecule has 1 fully saturated rings. The van der Waals surface area contributed by atoms with Crippen LogP contribution < -0.4 is 0 Å². The molecule has 0 bridgehead atoms. The summed E-state index contributed by atoms with van der Waals surface area (Å²) in [5, 5.41) is 30.8. The SMILES string of the molecule is CC/C=C/C=C/C=C/C=C/CCCCCCCC(=O)OCC(CO[C@H]1O[C@H](CS(=O)(=O)O)[C@@H](O)C(O)C1O)OC(=O)CC/C=C/C/C=C/CCCCCCCC. The van der Waals surface area contributed by atoms with E-state index in [1.54, 1.807) is 0 Å².